The van der Waals surface area contributed by atoms with Gasteiger partial charge in [0.1, 0.15) is 5.69 Å². The van der Waals surface area contributed by atoms with E-state index in [1.807, 2.05) is 6.92 Å². The third kappa shape index (κ3) is 3.14. The van der Waals surface area contributed by atoms with Gasteiger partial charge in [0.15, 0.2) is 5.78 Å². The van der Waals surface area contributed by atoms with Crippen LogP contribution in [0.3, 0.4) is 0 Å². The smallest absolute Gasteiger partial charge is 0.182 e. The van der Waals surface area contributed by atoms with Crippen molar-refractivity contribution in [3.05, 3.63) is 16.4 Å². The molecule has 0 bridgehead atoms. The zero-order valence-electron chi connectivity index (χ0n) is 9.03. The zero-order chi connectivity index (χ0) is 11.4. The highest BCUT2D eigenvalue weighted by Gasteiger charge is 2.15. The van der Waals surface area contributed by atoms with E-state index in [0.29, 0.717) is 24.6 Å². The van der Waals surface area contributed by atoms with Crippen LogP contribution in [0.1, 0.15) is 30.3 Å². The largest absolute Gasteiger partial charge is 0.330 e. The van der Waals surface area contributed by atoms with Crippen LogP contribution in [0.2, 0.25) is 0 Å². The van der Waals surface area contributed by atoms with E-state index >= 15 is 0 Å². The molecular weight excluding hydrogens is 258 g/mol. The fourth-order valence-electron chi connectivity index (χ4n) is 1.34. The molecule has 2 N–H and O–H groups in total. The van der Waals surface area contributed by atoms with Crippen molar-refractivity contribution >= 4 is 21.7 Å². The SMILES string of the molecule is CC(CN)CCC(=O)c1c(Br)cnn1C. The first kappa shape index (κ1) is 12.4. The molecule has 1 aromatic heterocycles. The molecule has 0 spiro atoms. The average Bonchev–Trinajstić information content (AvgIpc) is 2.54. The summed E-state index contributed by atoms with van der Waals surface area (Å²) in [6.45, 7) is 2.67. The summed E-state index contributed by atoms with van der Waals surface area (Å²) in [6, 6.07) is 0. The first-order valence-corrected chi connectivity index (χ1v) is 5.76. The van der Waals surface area contributed by atoms with E-state index in [9.17, 15) is 4.79 Å². The lowest BCUT2D eigenvalue weighted by molar-refractivity contribution is 0.0965. The summed E-state index contributed by atoms with van der Waals surface area (Å²) in [6.07, 6.45) is 2.99. The van der Waals surface area contributed by atoms with Crippen molar-refractivity contribution in [2.45, 2.75) is 19.8 Å². The quantitative estimate of drug-likeness (QED) is 0.832. The van der Waals surface area contributed by atoms with Crippen molar-refractivity contribution in [3.8, 4) is 0 Å². The maximum atomic E-state index is 11.8. The van der Waals surface area contributed by atoms with Crippen LogP contribution in [0.25, 0.3) is 0 Å². The number of halogens is 1. The molecule has 0 aromatic carbocycles. The van der Waals surface area contributed by atoms with Gasteiger partial charge in [-0.25, -0.2) is 0 Å². The second-order valence-electron chi connectivity index (χ2n) is 3.77. The van der Waals surface area contributed by atoms with Crippen LogP contribution >= 0.6 is 15.9 Å². The minimum atomic E-state index is 0.113. The lowest BCUT2D eigenvalue weighted by Gasteiger charge is -2.07. The standard InChI is InChI=1S/C10H16BrN3O/c1-7(5-12)3-4-9(15)10-8(11)6-13-14(10)2/h6-7H,3-5,12H2,1-2H3. The van der Waals surface area contributed by atoms with E-state index in [1.54, 1.807) is 17.9 Å². The van der Waals surface area contributed by atoms with Crippen LogP contribution < -0.4 is 5.73 Å². The highest BCUT2D eigenvalue weighted by atomic mass is 79.9. The van der Waals surface area contributed by atoms with Crippen LogP contribution in [0.15, 0.2) is 10.7 Å². The van der Waals surface area contributed by atoms with Crippen molar-refractivity contribution in [2.75, 3.05) is 6.54 Å². The second kappa shape index (κ2) is 5.42. The van der Waals surface area contributed by atoms with Crippen molar-refractivity contribution in [1.29, 1.82) is 0 Å². The van der Waals surface area contributed by atoms with Gasteiger partial charge in [0.25, 0.3) is 0 Å². The molecule has 1 heterocycles. The van der Waals surface area contributed by atoms with E-state index in [2.05, 4.69) is 21.0 Å². The average molecular weight is 274 g/mol. The fraction of sp³-hybridized carbons (Fsp3) is 0.600. The van der Waals surface area contributed by atoms with E-state index < -0.39 is 0 Å². The Kier molecular flexibility index (Phi) is 4.47. The van der Waals surface area contributed by atoms with Crippen LogP contribution in [0.5, 0.6) is 0 Å². The molecule has 0 aliphatic heterocycles. The fourth-order valence-corrected chi connectivity index (χ4v) is 1.91. The van der Waals surface area contributed by atoms with Gasteiger partial charge in [-0.05, 0) is 34.8 Å². The Morgan fingerprint density at radius 1 is 1.73 bits per heavy atom. The van der Waals surface area contributed by atoms with E-state index in [0.717, 1.165) is 10.9 Å². The van der Waals surface area contributed by atoms with Gasteiger partial charge in [0.2, 0.25) is 0 Å². The summed E-state index contributed by atoms with van der Waals surface area (Å²) in [4.78, 5) is 11.8. The minimum absolute atomic E-state index is 0.113. The van der Waals surface area contributed by atoms with Crippen LogP contribution in [-0.4, -0.2) is 22.1 Å². The van der Waals surface area contributed by atoms with Gasteiger partial charge >= 0.3 is 0 Å². The third-order valence-corrected chi connectivity index (χ3v) is 3.01. The number of carbonyl (C=O) groups is 1. The first-order chi connectivity index (χ1) is 7.06. The molecule has 0 amide bonds. The Morgan fingerprint density at radius 2 is 2.40 bits per heavy atom. The van der Waals surface area contributed by atoms with Gasteiger partial charge in [0.05, 0.1) is 10.7 Å². The summed E-state index contributed by atoms with van der Waals surface area (Å²) in [5, 5.41) is 4.01. The number of carbonyl (C=O) groups excluding carboxylic acids is 1. The molecule has 0 aliphatic rings. The first-order valence-electron chi connectivity index (χ1n) is 4.97. The molecule has 0 aliphatic carbocycles. The molecule has 0 radical (unpaired) electrons. The number of aromatic nitrogens is 2. The van der Waals surface area contributed by atoms with Crippen molar-refractivity contribution in [3.63, 3.8) is 0 Å². The number of rotatable bonds is 5. The van der Waals surface area contributed by atoms with Gasteiger partial charge < -0.3 is 5.73 Å². The monoisotopic (exact) mass is 273 g/mol. The zero-order valence-corrected chi connectivity index (χ0v) is 10.6. The molecule has 84 valence electrons. The Labute approximate surface area is 98.0 Å². The van der Waals surface area contributed by atoms with E-state index in [-0.39, 0.29) is 5.78 Å². The summed E-state index contributed by atoms with van der Waals surface area (Å²) in [7, 11) is 1.77. The number of nitrogens with two attached hydrogens (primary N) is 1. The molecule has 0 saturated carbocycles. The van der Waals surface area contributed by atoms with Crippen molar-refractivity contribution in [1.82, 2.24) is 9.78 Å². The number of hydrogen-bond acceptors (Lipinski definition) is 3. The predicted octanol–water partition coefficient (Wildman–Crippen LogP) is 1.74. The Bertz CT molecular complexity index is 329. The number of Topliss-reactive ketones (excluding diaryl/α,β-unsaturated/α-hetero) is 1. The maximum Gasteiger partial charge on any atom is 0.182 e. The van der Waals surface area contributed by atoms with Crippen LogP contribution in [0, 0.1) is 5.92 Å². The Balaban J connectivity index is 2.62. The number of hydrogen-bond donors (Lipinski definition) is 1. The summed E-state index contributed by atoms with van der Waals surface area (Å²) >= 11 is 3.31. The number of nitrogens with zero attached hydrogens (tertiary/aromatic N) is 2. The molecule has 5 heteroatoms. The molecule has 0 saturated heterocycles. The topological polar surface area (TPSA) is 60.9 Å². The Hall–Kier alpha value is -0.680. The third-order valence-electron chi connectivity index (χ3n) is 2.42. The summed E-state index contributed by atoms with van der Waals surface area (Å²) in [5.41, 5.74) is 6.14. The van der Waals surface area contributed by atoms with Crippen molar-refractivity contribution in [2.24, 2.45) is 18.7 Å². The summed E-state index contributed by atoms with van der Waals surface area (Å²) in [5.74, 6) is 0.503. The van der Waals surface area contributed by atoms with Gasteiger partial charge in [0, 0.05) is 13.5 Å². The molecule has 1 unspecified atom stereocenters. The second-order valence-corrected chi connectivity index (χ2v) is 4.62. The van der Waals surface area contributed by atoms with Crippen molar-refractivity contribution < 1.29 is 4.79 Å². The van der Waals surface area contributed by atoms with Gasteiger partial charge in [-0.1, -0.05) is 6.92 Å². The van der Waals surface area contributed by atoms with Gasteiger partial charge in [-0.3, -0.25) is 9.48 Å². The summed E-state index contributed by atoms with van der Waals surface area (Å²) < 4.78 is 2.36. The minimum Gasteiger partial charge on any atom is -0.330 e. The molecule has 4 nitrogen and oxygen atoms in total. The maximum absolute atomic E-state index is 11.8. The molecule has 1 aromatic rings. The van der Waals surface area contributed by atoms with Crippen LogP contribution in [-0.2, 0) is 7.05 Å². The van der Waals surface area contributed by atoms with Gasteiger partial charge in [-0.15, -0.1) is 0 Å². The van der Waals surface area contributed by atoms with Gasteiger partial charge in [-0.2, -0.15) is 5.10 Å². The molecular formula is C10H16BrN3O. The molecule has 1 atom stereocenters. The molecule has 15 heavy (non-hydrogen) atoms. The van der Waals surface area contributed by atoms with Crippen LogP contribution in [0.4, 0.5) is 0 Å². The number of aryl methyl sites for hydroxylation is 1. The van der Waals surface area contributed by atoms with E-state index in [1.165, 1.54) is 0 Å². The van der Waals surface area contributed by atoms with E-state index in [4.69, 9.17) is 5.73 Å². The molecule has 0 fully saturated rings. The number of ketones is 1. The normalized spacial score (nSPS) is 12.8. The lowest BCUT2D eigenvalue weighted by atomic mass is 10.0. The highest BCUT2D eigenvalue weighted by Crippen LogP contribution is 2.18. The highest BCUT2D eigenvalue weighted by molar-refractivity contribution is 9.10. The molecule has 1 rings (SSSR count). The lowest BCUT2D eigenvalue weighted by Crippen LogP contribution is -2.14. The predicted molar refractivity (Wildman–Crippen MR) is 62.7 cm³/mol. The Morgan fingerprint density at radius 3 is 2.87 bits per heavy atom.